The summed E-state index contributed by atoms with van der Waals surface area (Å²) in [6, 6.07) is 11.5. The molecule has 0 unspecified atom stereocenters. The predicted molar refractivity (Wildman–Crippen MR) is 113 cm³/mol. The van der Waals surface area contributed by atoms with Crippen LogP contribution in [0.15, 0.2) is 52.9 Å². The Hall–Kier alpha value is -2.33. The van der Waals surface area contributed by atoms with Crippen molar-refractivity contribution in [2.45, 2.75) is 31.0 Å². The van der Waals surface area contributed by atoms with Crippen LogP contribution in [0.1, 0.15) is 24.2 Å². The zero-order valence-electron chi connectivity index (χ0n) is 16.0. The molecule has 2 heterocycles. The third-order valence-corrected chi connectivity index (χ3v) is 7.38. The number of hydrogen-bond acceptors (Lipinski definition) is 6. The van der Waals surface area contributed by atoms with Gasteiger partial charge in [-0.3, -0.25) is 4.79 Å². The summed E-state index contributed by atoms with van der Waals surface area (Å²) in [4.78, 5) is 16.9. The number of nitrogens with zero attached hydrogens (tertiary/aromatic N) is 2. The lowest BCUT2D eigenvalue weighted by Crippen LogP contribution is -2.48. The van der Waals surface area contributed by atoms with Gasteiger partial charge in [0.1, 0.15) is 0 Å². The van der Waals surface area contributed by atoms with Gasteiger partial charge in [-0.1, -0.05) is 0 Å². The molecule has 0 saturated carbocycles. The van der Waals surface area contributed by atoms with Crippen LogP contribution in [-0.4, -0.2) is 48.9 Å². The van der Waals surface area contributed by atoms with E-state index < -0.39 is 10.0 Å². The van der Waals surface area contributed by atoms with Crippen molar-refractivity contribution in [1.82, 2.24) is 9.29 Å². The first-order valence-corrected chi connectivity index (χ1v) is 11.5. The van der Waals surface area contributed by atoms with Crippen LogP contribution in [-0.2, 0) is 14.8 Å². The second-order valence-electron chi connectivity index (χ2n) is 7.09. The zero-order valence-corrected chi connectivity index (χ0v) is 17.7. The normalized spacial score (nSPS) is 20.6. The number of ether oxygens (including phenoxy) is 1. The molecular formula is C20H21N3O4S2. The minimum atomic E-state index is -3.63. The second kappa shape index (κ2) is 7.83. The number of anilines is 1. The average Bonchev–Trinajstić information content (AvgIpc) is 3.15. The van der Waals surface area contributed by atoms with Crippen LogP contribution in [0.5, 0.6) is 0 Å². The average molecular weight is 432 g/mol. The molecule has 1 fully saturated rings. The molecule has 9 heteroatoms. The largest absolute Gasteiger partial charge is 0.373 e. The van der Waals surface area contributed by atoms with Crippen LogP contribution in [0.2, 0.25) is 0 Å². The molecule has 3 aromatic rings. The van der Waals surface area contributed by atoms with Crippen LogP contribution in [0, 0.1) is 0 Å². The number of aromatic nitrogens is 1. The molecule has 152 valence electrons. The van der Waals surface area contributed by atoms with Crippen molar-refractivity contribution in [2.75, 3.05) is 18.4 Å². The highest BCUT2D eigenvalue weighted by Crippen LogP contribution is 2.23. The first-order chi connectivity index (χ1) is 13.8. The predicted octanol–water partition coefficient (Wildman–Crippen LogP) is 3.35. The van der Waals surface area contributed by atoms with Gasteiger partial charge in [0.05, 0.1) is 32.8 Å². The molecule has 29 heavy (non-hydrogen) atoms. The highest BCUT2D eigenvalue weighted by atomic mass is 32.2. The number of fused-ring (bicyclic) bond motifs is 1. The Morgan fingerprint density at radius 1 is 1.14 bits per heavy atom. The summed E-state index contributed by atoms with van der Waals surface area (Å²) >= 11 is 1.53. The van der Waals surface area contributed by atoms with Gasteiger partial charge in [-0.2, -0.15) is 4.31 Å². The topological polar surface area (TPSA) is 88.6 Å². The van der Waals surface area contributed by atoms with Crippen LogP contribution in [0.25, 0.3) is 10.2 Å². The van der Waals surface area contributed by atoms with E-state index in [0.717, 1.165) is 10.2 Å². The maximum Gasteiger partial charge on any atom is 0.255 e. The molecule has 0 spiro atoms. The summed E-state index contributed by atoms with van der Waals surface area (Å²) in [5.41, 5.74) is 3.60. The second-order valence-corrected chi connectivity index (χ2v) is 9.92. The van der Waals surface area contributed by atoms with Crippen molar-refractivity contribution in [1.29, 1.82) is 0 Å². The number of hydrogen-bond donors (Lipinski definition) is 1. The van der Waals surface area contributed by atoms with Gasteiger partial charge in [0, 0.05) is 24.3 Å². The zero-order chi connectivity index (χ0) is 20.6. The van der Waals surface area contributed by atoms with Crippen LogP contribution in [0.3, 0.4) is 0 Å². The number of carbonyl (C=O) groups is 1. The fourth-order valence-corrected chi connectivity index (χ4v) is 5.64. The van der Waals surface area contributed by atoms with Crippen molar-refractivity contribution in [3.63, 3.8) is 0 Å². The molecular weight excluding hydrogens is 410 g/mol. The molecule has 1 N–H and O–H groups in total. The fourth-order valence-electron chi connectivity index (χ4n) is 3.39. The summed E-state index contributed by atoms with van der Waals surface area (Å²) < 4.78 is 33.9. The number of carbonyl (C=O) groups excluding carboxylic acids is 1. The van der Waals surface area contributed by atoms with Crippen molar-refractivity contribution in [3.05, 3.63) is 53.5 Å². The summed E-state index contributed by atoms with van der Waals surface area (Å²) in [6.45, 7) is 4.34. The molecule has 7 nitrogen and oxygen atoms in total. The molecule has 1 amide bonds. The minimum absolute atomic E-state index is 0.159. The van der Waals surface area contributed by atoms with E-state index in [0.29, 0.717) is 24.3 Å². The third kappa shape index (κ3) is 4.18. The van der Waals surface area contributed by atoms with E-state index in [1.807, 2.05) is 32.0 Å². The molecule has 4 rings (SSSR count). The highest BCUT2D eigenvalue weighted by molar-refractivity contribution is 7.89. The summed E-state index contributed by atoms with van der Waals surface area (Å²) in [5, 5.41) is 2.82. The van der Waals surface area contributed by atoms with E-state index in [1.54, 1.807) is 5.51 Å². The van der Waals surface area contributed by atoms with E-state index >= 15 is 0 Å². The standard InChI is InChI=1S/C20H21N3O4S2/c1-13-10-23(11-14(2)27-13)29(25,26)17-6-3-15(4-7-17)20(24)22-16-5-8-19-18(9-16)21-12-28-19/h3-9,12-14H,10-11H2,1-2H3,(H,22,24)/t13-,14-/m1/s1. The molecule has 1 aliphatic rings. The molecule has 0 bridgehead atoms. The van der Waals surface area contributed by atoms with Gasteiger partial charge in [-0.15, -0.1) is 11.3 Å². The van der Waals surface area contributed by atoms with E-state index in [4.69, 9.17) is 4.74 Å². The third-order valence-electron chi connectivity index (χ3n) is 4.73. The highest BCUT2D eigenvalue weighted by Gasteiger charge is 2.32. The fraction of sp³-hybridized carbons (Fsp3) is 0.300. The monoisotopic (exact) mass is 431 g/mol. The molecule has 1 saturated heterocycles. The maximum atomic E-state index is 12.9. The van der Waals surface area contributed by atoms with E-state index in [2.05, 4.69) is 10.3 Å². The molecule has 1 aromatic heterocycles. The number of rotatable bonds is 4. The van der Waals surface area contributed by atoms with Gasteiger partial charge < -0.3 is 10.1 Å². The smallest absolute Gasteiger partial charge is 0.255 e. The quantitative estimate of drug-likeness (QED) is 0.684. The molecule has 1 aliphatic heterocycles. The first kappa shape index (κ1) is 20.0. The number of nitrogens with one attached hydrogen (secondary N) is 1. The van der Waals surface area contributed by atoms with Crippen molar-refractivity contribution in [3.8, 4) is 0 Å². The molecule has 2 aromatic carbocycles. The van der Waals surface area contributed by atoms with E-state index in [9.17, 15) is 13.2 Å². The lowest BCUT2D eigenvalue weighted by atomic mass is 10.2. The Morgan fingerprint density at radius 2 is 1.83 bits per heavy atom. The number of amides is 1. The van der Waals surface area contributed by atoms with Crippen molar-refractivity contribution >= 4 is 43.2 Å². The SMILES string of the molecule is C[C@@H]1CN(S(=O)(=O)c2ccc(C(=O)Nc3ccc4scnc4c3)cc2)C[C@@H](C)O1. The molecule has 0 aliphatic carbocycles. The summed E-state index contributed by atoms with van der Waals surface area (Å²) in [6.07, 6.45) is -0.317. The Bertz CT molecular complexity index is 1130. The van der Waals surface area contributed by atoms with Crippen molar-refractivity contribution < 1.29 is 17.9 Å². The van der Waals surface area contributed by atoms with Gasteiger partial charge in [0.2, 0.25) is 10.0 Å². The Morgan fingerprint density at radius 3 is 2.52 bits per heavy atom. The Balaban J connectivity index is 1.50. The minimum Gasteiger partial charge on any atom is -0.373 e. The maximum absolute atomic E-state index is 12.9. The number of thiazole rings is 1. The van der Waals surface area contributed by atoms with Crippen LogP contribution in [0.4, 0.5) is 5.69 Å². The van der Waals surface area contributed by atoms with Crippen LogP contribution < -0.4 is 5.32 Å². The van der Waals surface area contributed by atoms with E-state index in [1.165, 1.54) is 39.9 Å². The van der Waals surface area contributed by atoms with Gasteiger partial charge in [0.25, 0.3) is 5.91 Å². The molecule has 0 radical (unpaired) electrons. The van der Waals surface area contributed by atoms with Gasteiger partial charge in [0.15, 0.2) is 0 Å². The summed E-state index contributed by atoms with van der Waals surface area (Å²) in [7, 11) is -3.63. The number of benzene rings is 2. The number of sulfonamides is 1. The Labute approximate surface area is 173 Å². The van der Waals surface area contributed by atoms with Gasteiger partial charge in [-0.05, 0) is 56.3 Å². The van der Waals surface area contributed by atoms with Gasteiger partial charge in [-0.25, -0.2) is 13.4 Å². The van der Waals surface area contributed by atoms with E-state index in [-0.39, 0.29) is 23.0 Å². The summed E-state index contributed by atoms with van der Waals surface area (Å²) in [5.74, 6) is -0.308. The van der Waals surface area contributed by atoms with Crippen molar-refractivity contribution in [2.24, 2.45) is 0 Å². The lowest BCUT2D eigenvalue weighted by Gasteiger charge is -2.34. The van der Waals surface area contributed by atoms with Crippen LogP contribution >= 0.6 is 11.3 Å². The Kier molecular flexibility index (Phi) is 5.39. The van der Waals surface area contributed by atoms with Gasteiger partial charge >= 0.3 is 0 Å². The molecule has 2 atom stereocenters. The number of morpholine rings is 1. The first-order valence-electron chi connectivity index (χ1n) is 9.23. The lowest BCUT2D eigenvalue weighted by molar-refractivity contribution is -0.0440.